The molecule has 11 heteroatoms. The number of aromatic hydroxyl groups is 2. The van der Waals surface area contributed by atoms with E-state index in [2.05, 4.69) is 15.4 Å². The summed E-state index contributed by atoms with van der Waals surface area (Å²) in [5.41, 5.74) is 0.459. The second-order valence-corrected chi connectivity index (χ2v) is 10.7. The van der Waals surface area contributed by atoms with E-state index in [0.29, 0.717) is 24.0 Å². The van der Waals surface area contributed by atoms with Crippen molar-refractivity contribution < 1.29 is 38.9 Å². The number of rotatable bonds is 12. The molecule has 0 aliphatic heterocycles. The number of carbonyl (C=O) groups excluding carboxylic acids is 4. The van der Waals surface area contributed by atoms with E-state index in [-0.39, 0.29) is 30.0 Å². The van der Waals surface area contributed by atoms with Crippen molar-refractivity contribution in [2.24, 2.45) is 0 Å². The van der Waals surface area contributed by atoms with Crippen LogP contribution in [-0.4, -0.2) is 70.8 Å². The van der Waals surface area contributed by atoms with E-state index in [9.17, 15) is 29.4 Å². The minimum atomic E-state index is -1.33. The van der Waals surface area contributed by atoms with Gasteiger partial charge in [0.1, 0.15) is 35.7 Å². The van der Waals surface area contributed by atoms with Crippen molar-refractivity contribution in [1.82, 2.24) is 15.5 Å². The molecular weight excluding hydrogens is 530 g/mol. The van der Waals surface area contributed by atoms with Crippen LogP contribution in [0, 0.1) is 6.92 Å². The maximum absolute atomic E-state index is 14.3. The highest BCUT2D eigenvalue weighted by Gasteiger charge is 2.37. The molecule has 2 aromatic carbocycles. The topological polar surface area (TPSA) is 154 Å². The van der Waals surface area contributed by atoms with Gasteiger partial charge in [-0.15, -0.1) is 0 Å². The Balaban J connectivity index is 2.60. The van der Waals surface area contributed by atoms with Gasteiger partial charge in [0.2, 0.25) is 11.8 Å². The molecule has 4 N–H and O–H groups in total. The van der Waals surface area contributed by atoms with Gasteiger partial charge < -0.3 is 35.2 Å². The van der Waals surface area contributed by atoms with E-state index in [0.717, 1.165) is 0 Å². The average molecular weight is 572 g/mol. The predicted molar refractivity (Wildman–Crippen MR) is 152 cm³/mol. The molecular formula is C30H41N3O8. The van der Waals surface area contributed by atoms with Crippen molar-refractivity contribution in [2.75, 3.05) is 20.2 Å². The molecule has 2 aromatic rings. The van der Waals surface area contributed by atoms with Crippen LogP contribution >= 0.6 is 0 Å². The van der Waals surface area contributed by atoms with Gasteiger partial charge >= 0.3 is 12.1 Å². The van der Waals surface area contributed by atoms with Crippen molar-refractivity contribution in [1.29, 1.82) is 0 Å². The molecule has 3 amide bonds. The molecule has 0 fully saturated rings. The first kappa shape index (κ1) is 32.9. The van der Waals surface area contributed by atoms with E-state index < -0.39 is 48.1 Å². The fourth-order valence-electron chi connectivity index (χ4n) is 4.09. The van der Waals surface area contributed by atoms with Crippen LogP contribution in [0.2, 0.25) is 0 Å². The Morgan fingerprint density at radius 3 is 2.27 bits per heavy atom. The molecule has 0 aromatic heterocycles. The number of benzene rings is 2. The highest BCUT2D eigenvalue weighted by molar-refractivity contribution is 5.93. The van der Waals surface area contributed by atoms with E-state index in [1.54, 1.807) is 52.0 Å². The first-order valence-electron chi connectivity index (χ1n) is 13.5. The fraction of sp³-hybridized carbons (Fsp3) is 0.467. The predicted octanol–water partition coefficient (Wildman–Crippen LogP) is 3.50. The van der Waals surface area contributed by atoms with Gasteiger partial charge in [-0.2, -0.15) is 0 Å². The molecule has 11 nitrogen and oxygen atoms in total. The van der Waals surface area contributed by atoms with Crippen LogP contribution in [-0.2, 0) is 30.3 Å². The van der Waals surface area contributed by atoms with Gasteiger partial charge in [-0.25, -0.2) is 4.79 Å². The summed E-state index contributed by atoms with van der Waals surface area (Å²) in [6.45, 7) is 8.34. The van der Waals surface area contributed by atoms with Crippen molar-refractivity contribution in [3.8, 4) is 11.5 Å². The smallest absolute Gasteiger partial charge is 0.408 e. The second-order valence-electron chi connectivity index (χ2n) is 10.7. The number of hydrogen-bond donors (Lipinski definition) is 4. The Morgan fingerprint density at radius 1 is 1.02 bits per heavy atom. The molecule has 0 aliphatic carbocycles. The molecule has 0 aliphatic rings. The number of hydrogen-bond acceptors (Lipinski definition) is 8. The first-order valence-corrected chi connectivity index (χ1v) is 13.5. The largest absolute Gasteiger partial charge is 0.508 e. The summed E-state index contributed by atoms with van der Waals surface area (Å²) in [6.07, 6.45) is 0.395. The van der Waals surface area contributed by atoms with Crippen molar-refractivity contribution in [2.45, 2.75) is 71.6 Å². The summed E-state index contributed by atoms with van der Waals surface area (Å²) in [4.78, 5) is 53.8. The van der Waals surface area contributed by atoms with Crippen LogP contribution in [0.5, 0.6) is 11.5 Å². The van der Waals surface area contributed by atoms with Gasteiger partial charge in [0.15, 0.2) is 0 Å². The number of phenols is 2. The van der Waals surface area contributed by atoms with Gasteiger partial charge in [0.25, 0.3) is 0 Å². The number of methoxy groups -OCH3 is 1. The summed E-state index contributed by atoms with van der Waals surface area (Å²) < 4.78 is 10.0. The third kappa shape index (κ3) is 10.0. The van der Waals surface area contributed by atoms with Crippen LogP contribution in [0.25, 0.3) is 0 Å². The quantitative estimate of drug-likeness (QED) is 0.282. The fourth-order valence-corrected chi connectivity index (χ4v) is 4.09. The zero-order valence-electron chi connectivity index (χ0n) is 24.5. The Bertz CT molecular complexity index is 1210. The van der Waals surface area contributed by atoms with Gasteiger partial charge in [-0.3, -0.25) is 14.4 Å². The second kappa shape index (κ2) is 14.9. The lowest BCUT2D eigenvalue weighted by Crippen LogP contribution is -2.54. The monoisotopic (exact) mass is 571 g/mol. The third-order valence-electron chi connectivity index (χ3n) is 6.16. The zero-order valence-corrected chi connectivity index (χ0v) is 24.5. The number of carbonyl (C=O) groups is 4. The lowest BCUT2D eigenvalue weighted by molar-refractivity contribution is -0.144. The normalized spacial score (nSPS) is 12.5. The average Bonchev–Trinajstić information content (AvgIpc) is 2.90. The molecule has 2 rings (SSSR count). The number of amides is 3. The maximum atomic E-state index is 14.3. The van der Waals surface area contributed by atoms with Crippen LogP contribution in [0.15, 0.2) is 42.5 Å². The van der Waals surface area contributed by atoms with E-state index in [4.69, 9.17) is 4.74 Å². The molecule has 0 saturated carbocycles. The number of nitrogens with zero attached hydrogens (tertiary/aromatic N) is 1. The molecule has 2 unspecified atom stereocenters. The summed E-state index contributed by atoms with van der Waals surface area (Å²) in [5, 5.41) is 25.8. The summed E-state index contributed by atoms with van der Waals surface area (Å²) in [6, 6.07) is 8.52. The van der Waals surface area contributed by atoms with Gasteiger partial charge in [-0.05, 0) is 57.4 Å². The third-order valence-corrected chi connectivity index (χ3v) is 6.16. The number of ether oxygens (including phenoxy) is 2. The minimum Gasteiger partial charge on any atom is -0.508 e. The first-order chi connectivity index (χ1) is 19.3. The number of phenolic OH excluding ortho intramolecular Hbond substituents is 2. The number of esters is 1. The van der Waals surface area contributed by atoms with Gasteiger partial charge in [0, 0.05) is 18.5 Å². The number of unbranched alkanes of at least 4 members (excludes halogenated alkanes) is 1. The highest BCUT2D eigenvalue weighted by Crippen LogP contribution is 2.32. The zero-order chi connectivity index (χ0) is 30.7. The highest BCUT2D eigenvalue weighted by atomic mass is 16.6. The Labute approximate surface area is 240 Å². The summed E-state index contributed by atoms with van der Waals surface area (Å²) >= 11 is 0. The Kier molecular flexibility index (Phi) is 12.0. The Morgan fingerprint density at radius 2 is 1.68 bits per heavy atom. The number of para-hydroxylation sites is 1. The number of nitrogens with one attached hydrogen (secondary N) is 2. The molecule has 0 saturated heterocycles. The molecule has 0 heterocycles. The van der Waals surface area contributed by atoms with Crippen LogP contribution in [0.3, 0.4) is 0 Å². The van der Waals surface area contributed by atoms with E-state index in [1.807, 2.05) is 6.92 Å². The van der Waals surface area contributed by atoms with Gasteiger partial charge in [0.05, 0.1) is 7.11 Å². The standard InChI is InChI=1S/C30H41N3O8/c1-7-8-16-33(25(27(37)31-18-24(35)40-6)22-11-9-10-19(2)26(22)36)28(38)23(32-29(39)41-30(3,4)5)17-20-12-14-21(34)15-13-20/h9-15,23,25,34,36H,7-8,16-18H2,1-6H3,(H,31,37)(H,32,39). The molecule has 2 atom stereocenters. The SMILES string of the molecule is CCCCN(C(=O)C(Cc1ccc(O)cc1)NC(=O)OC(C)(C)C)C(C(=O)NCC(=O)OC)c1cccc(C)c1O. The molecule has 224 valence electrons. The van der Waals surface area contributed by atoms with E-state index >= 15 is 0 Å². The van der Waals surface area contributed by atoms with Crippen molar-refractivity contribution in [3.05, 3.63) is 59.2 Å². The lowest BCUT2D eigenvalue weighted by atomic mass is 9.97. The lowest BCUT2D eigenvalue weighted by Gasteiger charge is -2.35. The van der Waals surface area contributed by atoms with Crippen LogP contribution < -0.4 is 10.6 Å². The van der Waals surface area contributed by atoms with Crippen LogP contribution in [0.4, 0.5) is 4.79 Å². The molecule has 0 radical (unpaired) electrons. The summed E-state index contributed by atoms with van der Waals surface area (Å²) in [7, 11) is 1.19. The molecule has 0 spiro atoms. The van der Waals surface area contributed by atoms with Crippen LogP contribution in [0.1, 0.15) is 63.3 Å². The minimum absolute atomic E-state index is 0.0251. The van der Waals surface area contributed by atoms with E-state index in [1.165, 1.54) is 30.2 Å². The Hall–Kier alpha value is -4.28. The maximum Gasteiger partial charge on any atom is 0.408 e. The number of alkyl carbamates (subject to hydrolysis) is 1. The molecule has 0 bridgehead atoms. The van der Waals surface area contributed by atoms with Crippen molar-refractivity contribution >= 4 is 23.9 Å². The van der Waals surface area contributed by atoms with Crippen molar-refractivity contribution in [3.63, 3.8) is 0 Å². The number of aryl methyl sites for hydroxylation is 1. The van der Waals surface area contributed by atoms with Gasteiger partial charge in [-0.1, -0.05) is 43.7 Å². The molecule has 41 heavy (non-hydrogen) atoms. The summed E-state index contributed by atoms with van der Waals surface area (Å²) in [5.74, 6) is -2.12.